The number of carboxylic acid groups (broad SMARTS) is 3. The Hall–Kier alpha value is -9.34. The number of phenolic OH excluding ortho intramolecular Hbond substituents is 1. The van der Waals surface area contributed by atoms with Crippen LogP contribution in [0.15, 0.2) is 24.3 Å². The van der Waals surface area contributed by atoms with Crippen molar-refractivity contribution in [2.45, 2.75) is 166 Å². The monoisotopic (exact) mass is 1250 g/mol. The first-order chi connectivity index (χ1) is 41.2. The van der Waals surface area contributed by atoms with Gasteiger partial charge in [0.2, 0.25) is 70.8 Å². The van der Waals surface area contributed by atoms with Crippen LogP contribution in [0.2, 0.25) is 0 Å². The predicted octanol–water partition coefficient (Wildman–Crippen LogP) is -6.22. The molecule has 34 heteroatoms. The molecule has 12 amide bonds. The fraction of sp³-hybridized carbons (Fsp3) is 0.593. The molecule has 0 radical (unpaired) electrons. The van der Waals surface area contributed by atoms with Gasteiger partial charge in [-0.3, -0.25) is 76.7 Å². The average molecular weight is 1250 g/mol. The lowest BCUT2D eigenvalue weighted by atomic mass is 9.98. The summed E-state index contributed by atoms with van der Waals surface area (Å²) in [6.45, 7) is 5.75. The summed E-state index contributed by atoms with van der Waals surface area (Å²) in [5.74, 6) is -19.8. The van der Waals surface area contributed by atoms with Crippen molar-refractivity contribution in [3.8, 4) is 5.75 Å². The highest BCUT2D eigenvalue weighted by molar-refractivity contribution is 6.38. The van der Waals surface area contributed by atoms with Crippen LogP contribution in [0.1, 0.15) is 105 Å². The molecule has 10 atom stereocenters. The van der Waals surface area contributed by atoms with Crippen LogP contribution in [-0.4, -0.2) is 217 Å². The van der Waals surface area contributed by atoms with Gasteiger partial charge < -0.3 is 94.4 Å². The van der Waals surface area contributed by atoms with Crippen LogP contribution in [0, 0.1) is 11.8 Å². The van der Waals surface area contributed by atoms with E-state index in [0.717, 1.165) is 11.8 Å². The van der Waals surface area contributed by atoms with E-state index >= 15 is 0 Å². The summed E-state index contributed by atoms with van der Waals surface area (Å²) in [4.78, 5) is 208. The molecular formula is C54H80N12O22. The fourth-order valence-corrected chi connectivity index (χ4v) is 8.77. The van der Waals surface area contributed by atoms with Crippen LogP contribution in [0.5, 0.6) is 5.75 Å². The number of amides is 12. The Balaban J connectivity index is 2.20. The smallest absolute Gasteiger partial charge is 0.305 e. The molecule has 0 spiro atoms. The van der Waals surface area contributed by atoms with Gasteiger partial charge >= 0.3 is 17.9 Å². The maximum absolute atomic E-state index is 14.3. The molecule has 0 aliphatic carbocycles. The van der Waals surface area contributed by atoms with Crippen molar-refractivity contribution in [3.05, 3.63) is 29.8 Å². The second-order valence-electron chi connectivity index (χ2n) is 21.3. The Morgan fingerprint density at radius 3 is 1.57 bits per heavy atom. The van der Waals surface area contributed by atoms with Crippen molar-refractivity contribution < 1.29 is 107 Å². The number of aliphatic hydroxyl groups excluding tert-OH is 2. The van der Waals surface area contributed by atoms with Crippen molar-refractivity contribution in [2.24, 2.45) is 17.6 Å². The van der Waals surface area contributed by atoms with Crippen molar-refractivity contribution in [3.63, 3.8) is 0 Å². The quantitative estimate of drug-likeness (QED) is 0.0274. The van der Waals surface area contributed by atoms with Crippen LogP contribution in [0.25, 0.3) is 0 Å². The van der Waals surface area contributed by atoms with E-state index in [2.05, 4.69) is 37.2 Å². The second-order valence-corrected chi connectivity index (χ2v) is 21.3. The molecule has 0 aromatic heterocycles. The van der Waals surface area contributed by atoms with E-state index in [-0.39, 0.29) is 50.8 Å². The summed E-state index contributed by atoms with van der Waals surface area (Å²) in [5, 5.41) is 80.0. The molecule has 1 heterocycles. The molecular weight excluding hydrogens is 1170 g/mol. The van der Waals surface area contributed by atoms with Gasteiger partial charge in [-0.15, -0.1) is 0 Å². The molecule has 34 nitrogen and oxygen atoms in total. The molecule has 1 aromatic rings. The zero-order valence-corrected chi connectivity index (χ0v) is 49.4. The molecule has 18 N–H and O–H groups in total. The first-order valence-electron chi connectivity index (χ1n) is 28.0. The number of hydrogen-bond acceptors (Lipinski definition) is 19. The molecule has 0 saturated carbocycles. The third-order valence-corrected chi connectivity index (χ3v) is 13.5. The lowest BCUT2D eigenvalue weighted by Crippen LogP contribution is -2.61. The normalized spacial score (nSPS) is 15.8. The topological polar surface area (TPSA) is 544 Å². The molecule has 1 aliphatic rings. The van der Waals surface area contributed by atoms with E-state index in [1.54, 1.807) is 20.8 Å². The van der Waals surface area contributed by atoms with Gasteiger partial charge in [0.1, 0.15) is 60.1 Å². The minimum absolute atomic E-state index is 0.00701. The Kier molecular flexibility index (Phi) is 31.1. The standard InChI is InChI=1S/C54H80N12O22/c1-7-9-30(44(78)53(87)56-22-38(71)58-36(24-68)50(84)62-34(21-41(76)77)49(83)61-33(20-28-11-13-29(70)14-12-28)48(82)63-35(23-67)45(55)79)59-51(85)37-10-8-19-66(37)54(88)43(26(4)5)65-52(86)42(25(2)3)64-47(81)32(16-18-40(74)75)60-46(80)31(57-27(6)69)15-17-39(72)73/h11-14,25-26,30-37,42-43,67-68,70H,7-10,15-24H2,1-6H3,(H2,55,79)(H,56,87)(H,57,69)(H,58,71)(H,59,85)(H,60,80)(H,61,83)(H,62,84)(H,63,82)(H,64,81)(H,65,86)(H,72,73)(H,74,75)(H,76,77)/t30-,31-,32-,33-,34+,35-,36+,37?,42-,43-/m0/s1. The van der Waals surface area contributed by atoms with Gasteiger partial charge in [0, 0.05) is 32.7 Å². The largest absolute Gasteiger partial charge is 0.508 e. The van der Waals surface area contributed by atoms with E-state index in [9.17, 15) is 102 Å². The lowest BCUT2D eigenvalue weighted by Gasteiger charge is -2.33. The number of carbonyl (C=O) groups is 16. The molecule has 2 rings (SSSR count). The van der Waals surface area contributed by atoms with Crippen LogP contribution in [-0.2, 0) is 83.1 Å². The third-order valence-electron chi connectivity index (χ3n) is 13.5. The van der Waals surface area contributed by atoms with E-state index in [0.29, 0.717) is 5.56 Å². The molecule has 1 aliphatic heterocycles. The summed E-state index contributed by atoms with van der Waals surface area (Å²) in [6.07, 6.45) is -3.15. The molecule has 88 heavy (non-hydrogen) atoms. The molecule has 488 valence electrons. The number of aliphatic carboxylic acids is 3. The molecule has 0 bridgehead atoms. The number of nitrogens with two attached hydrogens (primary N) is 1. The van der Waals surface area contributed by atoms with Crippen molar-refractivity contribution in [1.29, 1.82) is 0 Å². The van der Waals surface area contributed by atoms with Gasteiger partial charge in [0.15, 0.2) is 0 Å². The van der Waals surface area contributed by atoms with Crippen molar-refractivity contribution in [2.75, 3.05) is 26.3 Å². The number of primary amides is 1. The summed E-state index contributed by atoms with van der Waals surface area (Å²) in [5.41, 5.74) is 5.53. The third kappa shape index (κ3) is 24.9. The molecule has 1 saturated heterocycles. The van der Waals surface area contributed by atoms with Gasteiger partial charge in [0.25, 0.3) is 5.91 Å². The SMILES string of the molecule is CCC[C@H](NC(=O)C1CCCN1C(=O)[C@@H](NC(=O)[C@@H](NC(=O)[C@H](CCC(=O)O)NC(=O)[C@H](CCC(=O)O)NC(C)=O)C(C)C)C(C)C)C(=O)C(=O)NCC(=O)N[C@H](CO)C(=O)N[C@H](CC(=O)O)C(=O)N[C@@H](Cc1ccc(O)cc1)C(=O)N[C@@H](CO)C(N)=O. The summed E-state index contributed by atoms with van der Waals surface area (Å²) < 4.78 is 0. The summed E-state index contributed by atoms with van der Waals surface area (Å²) >= 11 is 0. The maximum Gasteiger partial charge on any atom is 0.305 e. The van der Waals surface area contributed by atoms with Crippen molar-refractivity contribution in [1.82, 2.24) is 58.1 Å². The van der Waals surface area contributed by atoms with E-state index in [4.69, 9.17) is 10.8 Å². The number of nitrogens with zero attached hydrogens (tertiary/aromatic N) is 1. The van der Waals surface area contributed by atoms with Crippen molar-refractivity contribution >= 4 is 94.6 Å². The van der Waals surface area contributed by atoms with Crippen LogP contribution in [0.4, 0.5) is 0 Å². The van der Waals surface area contributed by atoms with Crippen LogP contribution >= 0.6 is 0 Å². The van der Waals surface area contributed by atoms with Gasteiger partial charge in [0.05, 0.1) is 32.2 Å². The molecule has 1 fully saturated rings. The number of hydrogen-bond donors (Lipinski definition) is 17. The number of Topliss-reactive ketones (excluding diaryl/α,β-unsaturated/α-hetero) is 1. The van der Waals surface area contributed by atoms with Gasteiger partial charge in [-0.25, -0.2) is 0 Å². The zero-order chi connectivity index (χ0) is 66.7. The number of rotatable bonds is 38. The number of aromatic hydroxyl groups is 1. The maximum atomic E-state index is 14.3. The number of nitrogens with one attached hydrogen (secondary N) is 10. The highest BCUT2D eigenvalue weighted by Crippen LogP contribution is 2.22. The summed E-state index contributed by atoms with van der Waals surface area (Å²) in [6, 6.07) is -10.5. The molecule has 1 aromatic carbocycles. The first-order valence-corrected chi connectivity index (χ1v) is 28.0. The van der Waals surface area contributed by atoms with Crippen LogP contribution < -0.4 is 58.9 Å². The Morgan fingerprint density at radius 2 is 1.06 bits per heavy atom. The predicted molar refractivity (Wildman–Crippen MR) is 302 cm³/mol. The minimum Gasteiger partial charge on any atom is -0.508 e. The number of carbonyl (C=O) groups excluding carboxylic acids is 13. The number of benzene rings is 1. The number of likely N-dealkylation sites (tertiary alicyclic amines) is 1. The van der Waals surface area contributed by atoms with E-state index in [1.807, 2.05) is 16.0 Å². The Morgan fingerprint density at radius 1 is 0.568 bits per heavy atom. The fourth-order valence-electron chi connectivity index (χ4n) is 8.77. The Labute approximate surface area is 504 Å². The second kappa shape index (κ2) is 36.6. The highest BCUT2D eigenvalue weighted by Gasteiger charge is 2.42. The van der Waals surface area contributed by atoms with Gasteiger partial charge in [-0.05, 0) is 61.6 Å². The minimum atomic E-state index is -2.00. The number of ketones is 1. The average Bonchev–Trinajstić information content (AvgIpc) is 1.82. The lowest BCUT2D eigenvalue weighted by molar-refractivity contribution is -0.144. The van der Waals surface area contributed by atoms with Gasteiger partial charge in [-0.1, -0.05) is 53.2 Å². The van der Waals surface area contributed by atoms with Gasteiger partial charge in [-0.2, -0.15) is 0 Å². The first kappa shape index (κ1) is 74.8. The number of phenols is 1. The molecule has 1 unspecified atom stereocenters. The van der Waals surface area contributed by atoms with Crippen LogP contribution in [0.3, 0.4) is 0 Å². The Bertz CT molecular complexity index is 2730. The summed E-state index contributed by atoms with van der Waals surface area (Å²) in [7, 11) is 0. The number of carboxylic acids is 3. The van der Waals surface area contributed by atoms with E-state index in [1.165, 1.54) is 38.1 Å². The van der Waals surface area contributed by atoms with E-state index < -0.39 is 212 Å². The highest BCUT2D eigenvalue weighted by atomic mass is 16.4. The number of aliphatic hydroxyl groups is 2. The zero-order valence-electron chi connectivity index (χ0n) is 49.4.